The number of nitrogens with one attached hydrogen (secondary N) is 2. The van der Waals surface area contributed by atoms with Crippen LogP contribution in [0.3, 0.4) is 0 Å². The number of urea groups is 1. The van der Waals surface area contributed by atoms with Gasteiger partial charge in [0.1, 0.15) is 5.52 Å². The maximum absolute atomic E-state index is 12.0. The molecular formula is C20H19N7O. The minimum Gasteiger partial charge on any atom is -0.338 e. The first-order chi connectivity index (χ1) is 13.7. The Labute approximate surface area is 161 Å². The molecule has 2 amide bonds. The van der Waals surface area contributed by atoms with Crippen LogP contribution < -0.4 is 10.6 Å². The lowest BCUT2D eigenvalue weighted by atomic mass is 10.1. The average molecular weight is 373 g/mol. The van der Waals surface area contributed by atoms with Gasteiger partial charge in [-0.25, -0.2) is 14.8 Å². The van der Waals surface area contributed by atoms with Crippen LogP contribution in [0.4, 0.5) is 10.5 Å². The van der Waals surface area contributed by atoms with Gasteiger partial charge in [-0.05, 0) is 31.5 Å². The van der Waals surface area contributed by atoms with Gasteiger partial charge in [0.05, 0.1) is 11.2 Å². The molecule has 0 saturated heterocycles. The van der Waals surface area contributed by atoms with E-state index in [1.54, 1.807) is 37.2 Å². The van der Waals surface area contributed by atoms with Crippen LogP contribution in [0, 0.1) is 6.92 Å². The highest BCUT2D eigenvalue weighted by Crippen LogP contribution is 2.29. The second kappa shape index (κ2) is 7.43. The van der Waals surface area contributed by atoms with Crippen molar-refractivity contribution in [3.8, 4) is 17.1 Å². The maximum atomic E-state index is 12.0. The lowest BCUT2D eigenvalue weighted by Gasteiger charge is -2.05. The van der Waals surface area contributed by atoms with E-state index in [0.717, 1.165) is 22.2 Å². The Kier molecular flexibility index (Phi) is 4.67. The van der Waals surface area contributed by atoms with E-state index in [4.69, 9.17) is 0 Å². The van der Waals surface area contributed by atoms with Crippen LogP contribution in [0.5, 0.6) is 0 Å². The SMILES string of the molecule is CCNC(=O)Nc1cn(-c2ncc(C)cn2)c2cc(-c3cccnc3)cnc12. The van der Waals surface area contributed by atoms with E-state index >= 15 is 0 Å². The quantitative estimate of drug-likeness (QED) is 0.572. The first-order valence-corrected chi connectivity index (χ1v) is 8.91. The van der Waals surface area contributed by atoms with Gasteiger partial charge in [-0.2, -0.15) is 0 Å². The summed E-state index contributed by atoms with van der Waals surface area (Å²) in [6.07, 6.45) is 10.6. The van der Waals surface area contributed by atoms with Crippen molar-refractivity contribution in [2.75, 3.05) is 11.9 Å². The lowest BCUT2D eigenvalue weighted by molar-refractivity contribution is 0.252. The Morgan fingerprint density at radius 1 is 1.11 bits per heavy atom. The summed E-state index contributed by atoms with van der Waals surface area (Å²) in [5.74, 6) is 0.504. The van der Waals surface area contributed by atoms with Crippen molar-refractivity contribution in [2.45, 2.75) is 13.8 Å². The molecule has 4 rings (SSSR count). The van der Waals surface area contributed by atoms with E-state index in [0.29, 0.717) is 23.7 Å². The fourth-order valence-electron chi connectivity index (χ4n) is 2.89. The van der Waals surface area contributed by atoms with Gasteiger partial charge in [0.25, 0.3) is 0 Å². The van der Waals surface area contributed by atoms with E-state index in [1.807, 2.05) is 36.6 Å². The third kappa shape index (κ3) is 3.39. The topological polar surface area (TPSA) is 97.6 Å². The number of nitrogens with zero attached hydrogens (tertiary/aromatic N) is 5. The van der Waals surface area contributed by atoms with Crippen LogP contribution in [-0.4, -0.2) is 37.1 Å². The fraction of sp³-hybridized carbons (Fsp3) is 0.150. The Hall–Kier alpha value is -3.81. The monoisotopic (exact) mass is 373 g/mol. The smallest absolute Gasteiger partial charge is 0.319 e. The number of fused-ring (bicyclic) bond motifs is 1. The van der Waals surface area contributed by atoms with E-state index < -0.39 is 0 Å². The summed E-state index contributed by atoms with van der Waals surface area (Å²) in [5, 5.41) is 5.57. The summed E-state index contributed by atoms with van der Waals surface area (Å²) < 4.78 is 1.82. The average Bonchev–Trinajstić information content (AvgIpc) is 3.07. The molecule has 0 atom stereocenters. The molecule has 0 unspecified atom stereocenters. The molecule has 8 nitrogen and oxygen atoms in total. The third-order valence-electron chi connectivity index (χ3n) is 4.20. The molecule has 0 radical (unpaired) electrons. The van der Waals surface area contributed by atoms with Gasteiger partial charge < -0.3 is 10.6 Å². The molecule has 0 bridgehead atoms. The number of amides is 2. The predicted molar refractivity (Wildman–Crippen MR) is 107 cm³/mol. The van der Waals surface area contributed by atoms with Crippen molar-refractivity contribution in [1.29, 1.82) is 0 Å². The largest absolute Gasteiger partial charge is 0.338 e. The van der Waals surface area contributed by atoms with Gasteiger partial charge in [-0.15, -0.1) is 0 Å². The first-order valence-electron chi connectivity index (χ1n) is 8.91. The van der Waals surface area contributed by atoms with Gasteiger partial charge in [-0.1, -0.05) is 6.07 Å². The molecular weight excluding hydrogens is 354 g/mol. The standard InChI is InChI=1S/C20H19N7O/c1-3-22-20(28)26-16-12-27(19-24-8-13(2)9-25-19)17-7-15(11-23-18(16)17)14-5-4-6-21-10-14/h4-12H,3H2,1-2H3,(H2,22,26,28). The van der Waals surface area contributed by atoms with E-state index in [1.165, 1.54) is 0 Å². The number of carbonyl (C=O) groups is 1. The maximum Gasteiger partial charge on any atom is 0.319 e. The molecule has 0 saturated carbocycles. The van der Waals surface area contributed by atoms with Crippen LogP contribution in [0.25, 0.3) is 28.1 Å². The summed E-state index contributed by atoms with van der Waals surface area (Å²) in [5.41, 5.74) is 4.86. The number of pyridine rings is 2. The Morgan fingerprint density at radius 3 is 2.64 bits per heavy atom. The summed E-state index contributed by atoms with van der Waals surface area (Å²) >= 11 is 0. The molecule has 0 aliphatic heterocycles. The summed E-state index contributed by atoms with van der Waals surface area (Å²) in [6, 6.07) is 5.55. The molecule has 2 N–H and O–H groups in total. The van der Waals surface area contributed by atoms with Gasteiger partial charge in [0, 0.05) is 54.9 Å². The van der Waals surface area contributed by atoms with Crippen molar-refractivity contribution in [1.82, 2.24) is 29.8 Å². The van der Waals surface area contributed by atoms with Crippen LogP contribution in [0.15, 0.2) is 55.4 Å². The summed E-state index contributed by atoms with van der Waals surface area (Å²) in [6.45, 7) is 4.33. The van der Waals surface area contributed by atoms with Crippen molar-refractivity contribution in [3.05, 3.63) is 60.9 Å². The number of carbonyl (C=O) groups excluding carboxylic acids is 1. The molecule has 4 heterocycles. The van der Waals surface area contributed by atoms with Crippen molar-refractivity contribution < 1.29 is 4.79 Å². The highest BCUT2D eigenvalue weighted by Gasteiger charge is 2.16. The highest BCUT2D eigenvalue weighted by molar-refractivity contribution is 6.00. The highest BCUT2D eigenvalue weighted by atomic mass is 16.2. The number of aromatic nitrogens is 5. The Bertz CT molecular complexity index is 1120. The van der Waals surface area contributed by atoms with Crippen molar-refractivity contribution in [3.63, 3.8) is 0 Å². The zero-order chi connectivity index (χ0) is 19.5. The minimum absolute atomic E-state index is 0.287. The Morgan fingerprint density at radius 2 is 1.93 bits per heavy atom. The molecule has 4 aromatic heterocycles. The van der Waals surface area contributed by atoms with E-state index in [2.05, 4.69) is 30.6 Å². The zero-order valence-corrected chi connectivity index (χ0v) is 15.5. The van der Waals surface area contributed by atoms with Crippen LogP contribution in [-0.2, 0) is 0 Å². The van der Waals surface area contributed by atoms with Crippen LogP contribution in [0.2, 0.25) is 0 Å². The Balaban J connectivity index is 1.87. The molecule has 8 heteroatoms. The molecule has 0 spiro atoms. The minimum atomic E-state index is -0.287. The van der Waals surface area contributed by atoms with E-state index in [9.17, 15) is 4.79 Å². The van der Waals surface area contributed by atoms with Crippen molar-refractivity contribution in [2.24, 2.45) is 0 Å². The molecule has 0 aliphatic carbocycles. The molecule has 28 heavy (non-hydrogen) atoms. The zero-order valence-electron chi connectivity index (χ0n) is 15.5. The number of hydrogen-bond donors (Lipinski definition) is 2. The van der Waals surface area contributed by atoms with E-state index in [-0.39, 0.29) is 6.03 Å². The fourth-order valence-corrected chi connectivity index (χ4v) is 2.89. The van der Waals surface area contributed by atoms with Gasteiger partial charge in [0.2, 0.25) is 5.95 Å². The summed E-state index contributed by atoms with van der Waals surface area (Å²) in [4.78, 5) is 29.6. The van der Waals surface area contributed by atoms with Gasteiger partial charge in [-0.3, -0.25) is 14.5 Å². The molecule has 140 valence electrons. The number of anilines is 1. The van der Waals surface area contributed by atoms with Crippen LogP contribution in [0.1, 0.15) is 12.5 Å². The predicted octanol–water partition coefficient (Wildman–Crippen LogP) is 3.33. The normalized spacial score (nSPS) is 10.8. The number of aryl methyl sites for hydroxylation is 1. The number of rotatable bonds is 4. The van der Waals surface area contributed by atoms with Crippen LogP contribution >= 0.6 is 0 Å². The lowest BCUT2D eigenvalue weighted by Crippen LogP contribution is -2.28. The number of hydrogen-bond acceptors (Lipinski definition) is 5. The van der Waals surface area contributed by atoms with Gasteiger partial charge >= 0.3 is 6.03 Å². The van der Waals surface area contributed by atoms with Crippen molar-refractivity contribution >= 4 is 22.8 Å². The third-order valence-corrected chi connectivity index (χ3v) is 4.20. The summed E-state index contributed by atoms with van der Waals surface area (Å²) in [7, 11) is 0. The second-order valence-electron chi connectivity index (χ2n) is 6.29. The second-order valence-corrected chi connectivity index (χ2v) is 6.29. The molecule has 0 aliphatic rings. The molecule has 4 aromatic rings. The molecule has 0 aromatic carbocycles. The molecule has 0 fully saturated rings. The first kappa shape index (κ1) is 17.6. The van der Waals surface area contributed by atoms with Gasteiger partial charge in [0.15, 0.2) is 0 Å².